The average Bonchev–Trinajstić information content (AvgIpc) is 2.37. The maximum Gasteiger partial charge on any atom is 0.264 e. The van der Waals surface area contributed by atoms with E-state index in [1.165, 1.54) is 0 Å². The van der Waals surface area contributed by atoms with E-state index in [-0.39, 0.29) is 5.92 Å². The fourth-order valence-electron chi connectivity index (χ4n) is 1.85. The zero-order valence-electron chi connectivity index (χ0n) is 10.4. The number of rotatable bonds is 3. The quantitative estimate of drug-likeness (QED) is 0.812. The maximum absolute atomic E-state index is 12.1. The van der Waals surface area contributed by atoms with E-state index in [1.807, 2.05) is 0 Å². The molecular weight excluding hydrogens is 266 g/mol. The van der Waals surface area contributed by atoms with E-state index in [2.05, 4.69) is 10.3 Å². The Morgan fingerprint density at radius 3 is 2.79 bits per heavy atom. The number of nitrogens with one attached hydrogen (secondary N) is 1. The van der Waals surface area contributed by atoms with Crippen LogP contribution in [-0.2, 0) is 9.59 Å². The second-order valence-electron chi connectivity index (χ2n) is 4.45. The molecule has 0 bridgehead atoms. The van der Waals surface area contributed by atoms with Crippen molar-refractivity contribution < 1.29 is 9.59 Å². The third-order valence-electron chi connectivity index (χ3n) is 2.99. The summed E-state index contributed by atoms with van der Waals surface area (Å²) in [5.41, 5.74) is 6.04. The smallest absolute Gasteiger partial charge is 0.264 e. The molecule has 0 aromatic heterocycles. The van der Waals surface area contributed by atoms with Gasteiger partial charge in [-0.3, -0.25) is 9.59 Å². The summed E-state index contributed by atoms with van der Waals surface area (Å²) in [6.07, 6.45) is 0. The largest absolute Gasteiger partial charge is 0.330 e. The van der Waals surface area contributed by atoms with Crippen LogP contribution in [0.25, 0.3) is 0 Å². The van der Waals surface area contributed by atoms with Crippen LogP contribution in [0.15, 0.2) is 29.3 Å². The molecule has 100 valence electrons. The highest BCUT2D eigenvalue weighted by atomic mass is 35.5. The number of carbonyl (C=O) groups is 2. The molecule has 0 spiro atoms. The summed E-state index contributed by atoms with van der Waals surface area (Å²) < 4.78 is 0. The van der Waals surface area contributed by atoms with E-state index in [0.717, 1.165) is 0 Å². The lowest BCUT2D eigenvalue weighted by Gasteiger charge is -2.23. The molecule has 1 aromatic rings. The van der Waals surface area contributed by atoms with Gasteiger partial charge in [0, 0.05) is 17.5 Å². The molecule has 0 aliphatic carbocycles. The highest BCUT2D eigenvalue weighted by Gasteiger charge is 2.34. The van der Waals surface area contributed by atoms with Crippen molar-refractivity contribution in [3.05, 3.63) is 34.9 Å². The summed E-state index contributed by atoms with van der Waals surface area (Å²) in [6.45, 7) is 2.11. The minimum absolute atomic E-state index is 0.159. The summed E-state index contributed by atoms with van der Waals surface area (Å²) in [5, 5.41) is 3.11. The van der Waals surface area contributed by atoms with Crippen molar-refractivity contribution in [3.63, 3.8) is 0 Å². The first-order valence-electron chi connectivity index (χ1n) is 5.91. The predicted molar refractivity (Wildman–Crippen MR) is 73.0 cm³/mol. The van der Waals surface area contributed by atoms with Gasteiger partial charge in [-0.05, 0) is 17.7 Å². The number of amidine groups is 1. The van der Waals surface area contributed by atoms with Gasteiger partial charge in [-0.2, -0.15) is 4.99 Å². The third kappa shape index (κ3) is 2.83. The second-order valence-corrected chi connectivity index (χ2v) is 4.89. The summed E-state index contributed by atoms with van der Waals surface area (Å²) in [4.78, 5) is 28.0. The van der Waals surface area contributed by atoms with Gasteiger partial charge in [0.1, 0.15) is 11.8 Å². The Kier molecular flexibility index (Phi) is 3.97. The van der Waals surface area contributed by atoms with Crippen LogP contribution in [0.3, 0.4) is 0 Å². The van der Waals surface area contributed by atoms with Crippen LogP contribution >= 0.6 is 11.6 Å². The minimum Gasteiger partial charge on any atom is -0.330 e. The Morgan fingerprint density at radius 1 is 1.47 bits per heavy atom. The van der Waals surface area contributed by atoms with E-state index >= 15 is 0 Å². The van der Waals surface area contributed by atoms with Crippen molar-refractivity contribution in [2.75, 3.05) is 6.54 Å². The van der Waals surface area contributed by atoms with Crippen molar-refractivity contribution in [1.82, 2.24) is 5.32 Å². The molecule has 0 radical (unpaired) electrons. The van der Waals surface area contributed by atoms with Gasteiger partial charge in [-0.1, -0.05) is 30.7 Å². The van der Waals surface area contributed by atoms with Gasteiger partial charge in [0.05, 0.1) is 0 Å². The topological polar surface area (TPSA) is 84.5 Å². The third-order valence-corrected chi connectivity index (χ3v) is 3.23. The minimum atomic E-state index is -0.938. The van der Waals surface area contributed by atoms with E-state index in [4.69, 9.17) is 17.3 Å². The number of nitrogens with two attached hydrogens (primary N) is 1. The molecule has 0 saturated heterocycles. The van der Waals surface area contributed by atoms with Crippen LogP contribution in [0, 0.1) is 5.92 Å². The van der Waals surface area contributed by atoms with Crippen LogP contribution in [0.5, 0.6) is 0 Å². The van der Waals surface area contributed by atoms with E-state index in [1.54, 1.807) is 31.2 Å². The van der Waals surface area contributed by atoms with Crippen molar-refractivity contribution in [1.29, 1.82) is 0 Å². The number of amides is 2. The van der Waals surface area contributed by atoms with Crippen molar-refractivity contribution >= 4 is 29.3 Å². The molecule has 2 unspecified atom stereocenters. The van der Waals surface area contributed by atoms with Crippen LogP contribution in [0.2, 0.25) is 5.02 Å². The van der Waals surface area contributed by atoms with E-state index in [0.29, 0.717) is 23.0 Å². The molecular formula is C13H14ClN3O2. The Morgan fingerprint density at radius 2 is 2.21 bits per heavy atom. The van der Waals surface area contributed by atoms with E-state index < -0.39 is 17.7 Å². The van der Waals surface area contributed by atoms with Gasteiger partial charge in [0.2, 0.25) is 5.91 Å². The molecule has 2 amide bonds. The number of hydrogen-bond donors (Lipinski definition) is 2. The fraction of sp³-hybridized carbons (Fsp3) is 0.308. The lowest BCUT2D eigenvalue weighted by molar-refractivity contribution is -0.129. The number of nitrogens with zero attached hydrogens (tertiary/aromatic N) is 1. The van der Waals surface area contributed by atoms with E-state index in [9.17, 15) is 9.59 Å². The van der Waals surface area contributed by atoms with Crippen LogP contribution in [0.4, 0.5) is 0 Å². The summed E-state index contributed by atoms with van der Waals surface area (Å²) in [7, 11) is 0. The number of hydrogen-bond acceptors (Lipinski definition) is 3. The lowest BCUT2D eigenvalue weighted by Crippen LogP contribution is -2.46. The molecule has 19 heavy (non-hydrogen) atoms. The standard InChI is InChI=1S/C13H14ClN3O2/c1-7(6-15)11-16-12(18)10(13(19)17-11)8-3-2-4-9(14)5-8/h2-5,7,10H,6,15H2,1H3,(H,16,17,18,19). The lowest BCUT2D eigenvalue weighted by atomic mass is 9.95. The summed E-state index contributed by atoms with van der Waals surface area (Å²) >= 11 is 5.87. The van der Waals surface area contributed by atoms with Gasteiger partial charge in [0.25, 0.3) is 5.91 Å². The molecule has 6 heteroatoms. The summed E-state index contributed by atoms with van der Waals surface area (Å²) in [5.74, 6) is -1.64. The first-order chi connectivity index (χ1) is 9.02. The van der Waals surface area contributed by atoms with Crippen LogP contribution in [0.1, 0.15) is 18.4 Å². The van der Waals surface area contributed by atoms with Gasteiger partial charge < -0.3 is 11.1 Å². The SMILES string of the molecule is CC(CN)C1=NC(=O)C(c2cccc(Cl)c2)C(=O)N1. The zero-order chi connectivity index (χ0) is 14.0. The Labute approximate surface area is 115 Å². The Hall–Kier alpha value is -1.72. The summed E-state index contributed by atoms with van der Waals surface area (Å²) in [6, 6.07) is 6.65. The van der Waals surface area contributed by atoms with Gasteiger partial charge in [0.15, 0.2) is 0 Å². The fourth-order valence-corrected chi connectivity index (χ4v) is 2.05. The van der Waals surface area contributed by atoms with Gasteiger partial charge in [-0.15, -0.1) is 0 Å². The Balaban J connectivity index is 2.33. The predicted octanol–water partition coefficient (Wildman–Crippen LogP) is 1.07. The van der Waals surface area contributed by atoms with Gasteiger partial charge in [-0.25, -0.2) is 0 Å². The molecule has 3 N–H and O–H groups in total. The van der Waals surface area contributed by atoms with Crippen molar-refractivity contribution in [2.45, 2.75) is 12.8 Å². The molecule has 1 aliphatic heterocycles. The normalized spacial score (nSPS) is 20.8. The first-order valence-corrected chi connectivity index (χ1v) is 6.29. The number of halogens is 1. The number of aliphatic imine (C=N–C) groups is 1. The molecule has 1 aromatic carbocycles. The zero-order valence-corrected chi connectivity index (χ0v) is 11.1. The molecule has 0 saturated carbocycles. The molecule has 5 nitrogen and oxygen atoms in total. The van der Waals surface area contributed by atoms with Crippen molar-refractivity contribution in [3.8, 4) is 0 Å². The second kappa shape index (κ2) is 5.50. The molecule has 2 atom stereocenters. The van der Waals surface area contributed by atoms with Crippen LogP contribution in [-0.4, -0.2) is 24.2 Å². The first kappa shape index (κ1) is 13.7. The molecule has 1 heterocycles. The van der Waals surface area contributed by atoms with Gasteiger partial charge >= 0.3 is 0 Å². The molecule has 0 fully saturated rings. The maximum atomic E-state index is 12.1. The molecule has 2 rings (SSSR count). The molecule has 1 aliphatic rings. The Bertz CT molecular complexity index is 557. The number of benzene rings is 1. The average molecular weight is 280 g/mol. The number of carbonyl (C=O) groups excluding carboxylic acids is 2. The van der Waals surface area contributed by atoms with Crippen molar-refractivity contribution in [2.24, 2.45) is 16.6 Å². The highest BCUT2D eigenvalue weighted by Crippen LogP contribution is 2.23. The van der Waals surface area contributed by atoms with Crippen LogP contribution < -0.4 is 11.1 Å². The highest BCUT2D eigenvalue weighted by molar-refractivity contribution is 6.30. The monoisotopic (exact) mass is 279 g/mol.